The molecule has 0 fully saturated rings. The number of aliphatic imine (C=N–C) groups is 1. The summed E-state index contributed by atoms with van der Waals surface area (Å²) in [5.41, 5.74) is 0.928. The van der Waals surface area contributed by atoms with Gasteiger partial charge in [-0.1, -0.05) is 30.3 Å². The molecule has 1 heterocycles. The summed E-state index contributed by atoms with van der Waals surface area (Å²) in [7, 11) is -3.36. The van der Waals surface area contributed by atoms with Crippen LogP contribution in [0, 0.1) is 6.92 Å². The van der Waals surface area contributed by atoms with Gasteiger partial charge in [-0.15, -0.1) is 11.3 Å². The van der Waals surface area contributed by atoms with Crippen LogP contribution in [0.4, 0.5) is 0 Å². The van der Waals surface area contributed by atoms with E-state index in [2.05, 4.69) is 25.3 Å². The Labute approximate surface area is 159 Å². The highest BCUT2D eigenvalue weighted by molar-refractivity contribution is 7.89. The maximum Gasteiger partial charge on any atom is 0.213 e. The van der Waals surface area contributed by atoms with Crippen molar-refractivity contribution in [3.05, 3.63) is 52.0 Å². The van der Waals surface area contributed by atoms with E-state index >= 15 is 0 Å². The van der Waals surface area contributed by atoms with Gasteiger partial charge in [0.2, 0.25) is 10.0 Å². The molecule has 0 radical (unpaired) electrons. The summed E-state index contributed by atoms with van der Waals surface area (Å²) in [6.45, 7) is 5.69. The van der Waals surface area contributed by atoms with Gasteiger partial charge in [0.15, 0.2) is 5.96 Å². The SMILES string of the molecule is CCNC(=NCc1ncc(C)s1)NCCS(=O)(=O)NCc1ccccc1. The quantitative estimate of drug-likeness (QED) is 0.443. The van der Waals surface area contributed by atoms with Crippen LogP contribution in [0.15, 0.2) is 41.5 Å². The molecule has 0 amide bonds. The van der Waals surface area contributed by atoms with Crippen molar-refractivity contribution in [3.63, 3.8) is 0 Å². The van der Waals surface area contributed by atoms with Crippen molar-refractivity contribution in [1.29, 1.82) is 0 Å². The molecule has 1 aromatic carbocycles. The molecule has 2 aromatic rings. The fourth-order valence-corrected chi connectivity index (χ4v) is 3.74. The van der Waals surface area contributed by atoms with Crippen LogP contribution in [0.2, 0.25) is 0 Å². The van der Waals surface area contributed by atoms with Gasteiger partial charge < -0.3 is 10.6 Å². The molecule has 7 nitrogen and oxygen atoms in total. The summed E-state index contributed by atoms with van der Waals surface area (Å²) in [6, 6.07) is 9.44. The first kappa shape index (κ1) is 20.3. The second kappa shape index (κ2) is 10.2. The number of nitrogens with zero attached hydrogens (tertiary/aromatic N) is 2. The van der Waals surface area contributed by atoms with E-state index in [9.17, 15) is 8.42 Å². The molecule has 26 heavy (non-hydrogen) atoms. The lowest BCUT2D eigenvalue weighted by atomic mass is 10.2. The molecular weight excluding hydrogens is 370 g/mol. The Bertz CT molecular complexity index is 804. The van der Waals surface area contributed by atoms with Crippen molar-refractivity contribution in [3.8, 4) is 0 Å². The molecule has 0 aliphatic carbocycles. The van der Waals surface area contributed by atoms with Gasteiger partial charge in [-0.3, -0.25) is 0 Å². The first-order valence-electron chi connectivity index (χ1n) is 8.43. The van der Waals surface area contributed by atoms with Gasteiger partial charge in [0.1, 0.15) is 5.01 Å². The fraction of sp³-hybridized carbons (Fsp3) is 0.412. The second-order valence-electron chi connectivity index (χ2n) is 5.61. The maximum absolute atomic E-state index is 12.1. The molecule has 2 rings (SSSR count). The van der Waals surface area contributed by atoms with Crippen LogP contribution in [0.1, 0.15) is 22.4 Å². The Balaban J connectivity index is 1.80. The Hall–Kier alpha value is -1.97. The molecule has 0 atom stereocenters. The number of thiazole rings is 1. The van der Waals surface area contributed by atoms with Crippen LogP contribution in [0.25, 0.3) is 0 Å². The highest BCUT2D eigenvalue weighted by Crippen LogP contribution is 2.11. The van der Waals surface area contributed by atoms with E-state index in [0.717, 1.165) is 15.4 Å². The van der Waals surface area contributed by atoms with E-state index in [4.69, 9.17) is 0 Å². The van der Waals surface area contributed by atoms with Crippen LogP contribution < -0.4 is 15.4 Å². The van der Waals surface area contributed by atoms with Crippen molar-refractivity contribution in [1.82, 2.24) is 20.3 Å². The normalized spacial score (nSPS) is 12.2. The van der Waals surface area contributed by atoms with Gasteiger partial charge in [-0.25, -0.2) is 23.1 Å². The predicted molar refractivity (Wildman–Crippen MR) is 107 cm³/mol. The first-order chi connectivity index (χ1) is 12.5. The smallest absolute Gasteiger partial charge is 0.213 e. The predicted octanol–water partition coefficient (Wildman–Crippen LogP) is 1.63. The third kappa shape index (κ3) is 7.51. The number of rotatable bonds is 9. The molecule has 0 aliphatic heterocycles. The number of nitrogens with one attached hydrogen (secondary N) is 3. The van der Waals surface area contributed by atoms with Crippen LogP contribution in [0.3, 0.4) is 0 Å². The van der Waals surface area contributed by atoms with Gasteiger partial charge in [0.05, 0.1) is 12.3 Å². The van der Waals surface area contributed by atoms with Crippen molar-refractivity contribution >= 4 is 27.3 Å². The van der Waals surface area contributed by atoms with E-state index < -0.39 is 10.0 Å². The summed E-state index contributed by atoms with van der Waals surface area (Å²) in [6.07, 6.45) is 1.82. The average molecular weight is 396 g/mol. The molecule has 0 spiro atoms. The number of guanidine groups is 1. The molecule has 0 aliphatic rings. The third-order valence-electron chi connectivity index (χ3n) is 3.39. The maximum atomic E-state index is 12.1. The third-order valence-corrected chi connectivity index (χ3v) is 5.61. The molecule has 142 valence electrons. The lowest BCUT2D eigenvalue weighted by molar-refractivity contribution is 0.580. The Morgan fingerprint density at radius 1 is 1.23 bits per heavy atom. The molecule has 9 heteroatoms. The number of hydrogen-bond acceptors (Lipinski definition) is 5. The molecular formula is C17H25N5O2S2. The van der Waals surface area contributed by atoms with Crippen LogP contribution >= 0.6 is 11.3 Å². The summed E-state index contributed by atoms with van der Waals surface area (Å²) < 4.78 is 26.8. The average Bonchev–Trinajstić information content (AvgIpc) is 3.04. The zero-order chi connectivity index (χ0) is 18.8. The highest BCUT2D eigenvalue weighted by Gasteiger charge is 2.10. The second-order valence-corrected chi connectivity index (χ2v) is 8.86. The zero-order valence-corrected chi connectivity index (χ0v) is 16.7. The van der Waals surface area contributed by atoms with Gasteiger partial charge >= 0.3 is 0 Å². The minimum absolute atomic E-state index is 0.0272. The largest absolute Gasteiger partial charge is 0.357 e. The van der Waals surface area contributed by atoms with Crippen molar-refractivity contribution in [2.24, 2.45) is 4.99 Å². The monoisotopic (exact) mass is 395 g/mol. The number of benzene rings is 1. The lowest BCUT2D eigenvalue weighted by Gasteiger charge is -2.11. The summed E-state index contributed by atoms with van der Waals surface area (Å²) in [5, 5.41) is 7.08. The molecule has 3 N–H and O–H groups in total. The van der Waals surface area contributed by atoms with Crippen LogP contribution in [-0.4, -0.2) is 38.2 Å². The fourth-order valence-electron chi connectivity index (χ4n) is 2.13. The minimum Gasteiger partial charge on any atom is -0.357 e. The van der Waals surface area contributed by atoms with E-state index in [1.165, 1.54) is 0 Å². The zero-order valence-electron chi connectivity index (χ0n) is 15.0. The van der Waals surface area contributed by atoms with Gasteiger partial charge in [-0.2, -0.15) is 0 Å². The van der Waals surface area contributed by atoms with Gasteiger partial charge in [0, 0.05) is 30.7 Å². The molecule has 0 bridgehead atoms. The van der Waals surface area contributed by atoms with E-state index in [-0.39, 0.29) is 12.3 Å². The van der Waals surface area contributed by atoms with Crippen LogP contribution in [0.5, 0.6) is 0 Å². The van der Waals surface area contributed by atoms with Crippen molar-refractivity contribution in [2.75, 3.05) is 18.8 Å². The standard InChI is InChI=1S/C17H25N5O2S2/c1-3-18-17(21-13-16-20-11-14(2)25-16)19-9-10-26(23,24)22-12-15-7-5-4-6-8-15/h4-8,11,22H,3,9-10,12-13H2,1-2H3,(H2,18,19,21). The number of aromatic nitrogens is 1. The first-order valence-corrected chi connectivity index (χ1v) is 10.9. The summed E-state index contributed by atoms with van der Waals surface area (Å²) >= 11 is 1.60. The van der Waals surface area contributed by atoms with Crippen LogP contribution in [-0.2, 0) is 23.1 Å². The highest BCUT2D eigenvalue weighted by atomic mass is 32.2. The summed E-state index contributed by atoms with van der Waals surface area (Å²) in [4.78, 5) is 9.85. The molecule has 0 saturated heterocycles. The van der Waals surface area contributed by atoms with Crippen molar-refractivity contribution < 1.29 is 8.42 Å². The molecule has 0 unspecified atom stereocenters. The van der Waals surface area contributed by atoms with E-state index in [1.807, 2.05) is 50.4 Å². The van der Waals surface area contributed by atoms with Gasteiger partial charge in [-0.05, 0) is 19.4 Å². The number of hydrogen-bond donors (Lipinski definition) is 3. The van der Waals surface area contributed by atoms with E-state index in [0.29, 0.717) is 25.6 Å². The lowest BCUT2D eigenvalue weighted by Crippen LogP contribution is -2.41. The minimum atomic E-state index is -3.36. The van der Waals surface area contributed by atoms with E-state index in [1.54, 1.807) is 11.3 Å². The van der Waals surface area contributed by atoms with Crippen molar-refractivity contribution in [2.45, 2.75) is 26.9 Å². The Morgan fingerprint density at radius 2 is 2.00 bits per heavy atom. The number of aryl methyl sites for hydroxylation is 1. The van der Waals surface area contributed by atoms with Gasteiger partial charge in [0.25, 0.3) is 0 Å². The topological polar surface area (TPSA) is 95.5 Å². The Morgan fingerprint density at radius 3 is 2.65 bits per heavy atom. The summed E-state index contributed by atoms with van der Waals surface area (Å²) in [5.74, 6) is 0.555. The molecule has 0 saturated carbocycles. The molecule has 1 aromatic heterocycles. The number of sulfonamides is 1. The Kier molecular flexibility index (Phi) is 8.02.